The molecule has 1 aromatic carbocycles. The molecule has 19 heavy (non-hydrogen) atoms. The molecular formula is C14H21ClN2O2. The Bertz CT molecular complexity index is 389. The van der Waals surface area contributed by atoms with Crippen molar-refractivity contribution in [3.63, 3.8) is 0 Å². The molecule has 1 fully saturated rings. The summed E-state index contributed by atoms with van der Waals surface area (Å²) in [4.78, 5) is 11.9. The van der Waals surface area contributed by atoms with Crippen LogP contribution in [-0.4, -0.2) is 25.6 Å². The molecule has 106 valence electrons. The molecule has 0 bridgehead atoms. The zero-order valence-electron chi connectivity index (χ0n) is 11.1. The number of nitrogens with one attached hydrogen (secondary N) is 2. The van der Waals surface area contributed by atoms with Gasteiger partial charge >= 0.3 is 0 Å². The standard InChI is InChI=1S/C14H20N2O2.ClH/c1-2-9-18-13-5-3-12(4-6-13)16-14(17)11-7-8-15-10-11;/h3-6,11,15H,2,7-10H2,1H3,(H,16,17);1H. The third kappa shape index (κ3) is 4.73. The Morgan fingerprint density at radius 3 is 2.74 bits per heavy atom. The van der Waals surface area contributed by atoms with Gasteiger partial charge in [-0.05, 0) is 43.7 Å². The van der Waals surface area contributed by atoms with Crippen molar-refractivity contribution in [1.82, 2.24) is 5.32 Å². The minimum absolute atomic E-state index is 0. The Hall–Kier alpha value is -1.26. The van der Waals surface area contributed by atoms with Gasteiger partial charge in [-0.15, -0.1) is 12.4 Å². The number of rotatable bonds is 5. The van der Waals surface area contributed by atoms with Crippen LogP contribution in [0.2, 0.25) is 0 Å². The van der Waals surface area contributed by atoms with Gasteiger partial charge in [0.15, 0.2) is 0 Å². The van der Waals surface area contributed by atoms with E-state index in [0.717, 1.165) is 44.0 Å². The van der Waals surface area contributed by atoms with Crippen LogP contribution in [0.15, 0.2) is 24.3 Å². The first-order valence-corrected chi connectivity index (χ1v) is 6.54. The van der Waals surface area contributed by atoms with Crippen molar-refractivity contribution in [3.05, 3.63) is 24.3 Å². The summed E-state index contributed by atoms with van der Waals surface area (Å²) in [6, 6.07) is 7.53. The van der Waals surface area contributed by atoms with E-state index in [1.165, 1.54) is 0 Å². The van der Waals surface area contributed by atoms with E-state index >= 15 is 0 Å². The van der Waals surface area contributed by atoms with Crippen molar-refractivity contribution >= 4 is 24.0 Å². The maximum atomic E-state index is 11.9. The van der Waals surface area contributed by atoms with Crippen LogP contribution in [0.4, 0.5) is 5.69 Å². The van der Waals surface area contributed by atoms with E-state index in [0.29, 0.717) is 0 Å². The first-order valence-electron chi connectivity index (χ1n) is 6.54. The Kier molecular flexibility index (Phi) is 6.67. The number of carbonyl (C=O) groups excluding carboxylic acids is 1. The Morgan fingerprint density at radius 2 is 2.16 bits per heavy atom. The highest BCUT2D eigenvalue weighted by Crippen LogP contribution is 2.17. The van der Waals surface area contributed by atoms with E-state index in [4.69, 9.17) is 4.74 Å². The highest BCUT2D eigenvalue weighted by molar-refractivity contribution is 5.92. The van der Waals surface area contributed by atoms with Crippen molar-refractivity contribution in [1.29, 1.82) is 0 Å². The predicted octanol–water partition coefficient (Wildman–Crippen LogP) is 2.45. The van der Waals surface area contributed by atoms with Crippen LogP contribution < -0.4 is 15.4 Å². The average molecular weight is 285 g/mol. The topological polar surface area (TPSA) is 50.4 Å². The second kappa shape index (κ2) is 8.02. The van der Waals surface area contributed by atoms with Crippen LogP contribution in [0.5, 0.6) is 5.75 Å². The lowest BCUT2D eigenvalue weighted by Gasteiger charge is -2.10. The molecule has 0 aromatic heterocycles. The molecule has 1 unspecified atom stereocenters. The predicted molar refractivity (Wildman–Crippen MR) is 79.1 cm³/mol. The summed E-state index contributed by atoms with van der Waals surface area (Å²) in [7, 11) is 0. The number of amides is 1. The summed E-state index contributed by atoms with van der Waals surface area (Å²) in [6.07, 6.45) is 1.91. The molecule has 0 saturated carbocycles. The third-order valence-corrected chi connectivity index (χ3v) is 3.03. The summed E-state index contributed by atoms with van der Waals surface area (Å²) in [5.74, 6) is 1.04. The molecule has 1 aromatic rings. The van der Waals surface area contributed by atoms with Gasteiger partial charge in [-0.25, -0.2) is 0 Å². The lowest BCUT2D eigenvalue weighted by Crippen LogP contribution is -2.24. The molecule has 2 rings (SSSR count). The Labute approximate surface area is 120 Å². The van der Waals surface area contributed by atoms with E-state index < -0.39 is 0 Å². The van der Waals surface area contributed by atoms with Crippen molar-refractivity contribution in [2.45, 2.75) is 19.8 Å². The van der Waals surface area contributed by atoms with Crippen molar-refractivity contribution in [2.75, 3.05) is 25.0 Å². The maximum Gasteiger partial charge on any atom is 0.228 e. The largest absolute Gasteiger partial charge is 0.494 e. The molecule has 0 spiro atoms. The number of anilines is 1. The van der Waals surface area contributed by atoms with Gasteiger partial charge in [0.2, 0.25) is 5.91 Å². The van der Waals surface area contributed by atoms with Crippen LogP contribution in [0, 0.1) is 5.92 Å². The molecule has 1 atom stereocenters. The molecule has 2 N–H and O–H groups in total. The lowest BCUT2D eigenvalue weighted by atomic mass is 10.1. The van der Waals surface area contributed by atoms with Crippen LogP contribution in [0.25, 0.3) is 0 Å². The summed E-state index contributed by atoms with van der Waals surface area (Å²) >= 11 is 0. The van der Waals surface area contributed by atoms with Crippen molar-refractivity contribution in [2.24, 2.45) is 5.92 Å². The van der Waals surface area contributed by atoms with E-state index in [1.54, 1.807) is 0 Å². The third-order valence-electron chi connectivity index (χ3n) is 3.03. The van der Waals surface area contributed by atoms with Crippen molar-refractivity contribution in [3.8, 4) is 5.75 Å². The fourth-order valence-electron chi connectivity index (χ4n) is 1.98. The number of benzene rings is 1. The van der Waals surface area contributed by atoms with Crippen LogP contribution >= 0.6 is 12.4 Å². The SMILES string of the molecule is CCCOc1ccc(NC(=O)C2CCNC2)cc1.Cl. The summed E-state index contributed by atoms with van der Waals surface area (Å²) < 4.78 is 5.49. The first-order chi connectivity index (χ1) is 8.79. The average Bonchev–Trinajstić information content (AvgIpc) is 2.92. The summed E-state index contributed by atoms with van der Waals surface area (Å²) in [6.45, 7) is 4.51. The Balaban J connectivity index is 0.00000180. The minimum atomic E-state index is 0. The second-order valence-corrected chi connectivity index (χ2v) is 4.55. The van der Waals surface area contributed by atoms with Gasteiger partial charge in [0, 0.05) is 12.2 Å². The molecule has 0 radical (unpaired) electrons. The van der Waals surface area contributed by atoms with Gasteiger partial charge in [-0.1, -0.05) is 6.92 Å². The van der Waals surface area contributed by atoms with Crippen LogP contribution in [-0.2, 0) is 4.79 Å². The zero-order valence-corrected chi connectivity index (χ0v) is 12.0. The first kappa shape index (κ1) is 15.8. The molecule has 0 aliphatic carbocycles. The quantitative estimate of drug-likeness (QED) is 0.873. The monoisotopic (exact) mass is 284 g/mol. The lowest BCUT2D eigenvalue weighted by molar-refractivity contribution is -0.119. The van der Waals surface area contributed by atoms with Gasteiger partial charge in [-0.3, -0.25) is 4.79 Å². The highest BCUT2D eigenvalue weighted by Gasteiger charge is 2.22. The number of carbonyl (C=O) groups is 1. The van der Waals surface area contributed by atoms with Gasteiger partial charge in [0.1, 0.15) is 5.75 Å². The van der Waals surface area contributed by atoms with Crippen LogP contribution in [0.3, 0.4) is 0 Å². The smallest absolute Gasteiger partial charge is 0.228 e. The molecule has 1 amide bonds. The fourth-order valence-corrected chi connectivity index (χ4v) is 1.98. The maximum absolute atomic E-state index is 11.9. The Morgan fingerprint density at radius 1 is 1.42 bits per heavy atom. The second-order valence-electron chi connectivity index (χ2n) is 4.55. The number of ether oxygens (including phenoxy) is 1. The molecule has 1 aliphatic rings. The number of halogens is 1. The van der Waals surface area contributed by atoms with Gasteiger partial charge in [-0.2, -0.15) is 0 Å². The highest BCUT2D eigenvalue weighted by atomic mass is 35.5. The molecule has 5 heteroatoms. The van der Waals surface area contributed by atoms with E-state index in [1.807, 2.05) is 24.3 Å². The van der Waals surface area contributed by atoms with Gasteiger partial charge < -0.3 is 15.4 Å². The molecular weight excluding hydrogens is 264 g/mol. The zero-order chi connectivity index (χ0) is 12.8. The number of hydrogen-bond donors (Lipinski definition) is 2. The molecule has 1 saturated heterocycles. The van der Waals surface area contributed by atoms with E-state index in [9.17, 15) is 4.79 Å². The molecule has 4 nitrogen and oxygen atoms in total. The van der Waals surface area contributed by atoms with E-state index in [2.05, 4.69) is 17.6 Å². The number of hydrogen-bond acceptors (Lipinski definition) is 3. The normalized spacial score (nSPS) is 17.6. The van der Waals surface area contributed by atoms with Gasteiger partial charge in [0.05, 0.1) is 12.5 Å². The van der Waals surface area contributed by atoms with Crippen molar-refractivity contribution < 1.29 is 9.53 Å². The summed E-state index contributed by atoms with van der Waals surface area (Å²) in [5, 5.41) is 6.12. The summed E-state index contributed by atoms with van der Waals surface area (Å²) in [5.41, 5.74) is 0.829. The van der Waals surface area contributed by atoms with E-state index in [-0.39, 0.29) is 24.2 Å². The fraction of sp³-hybridized carbons (Fsp3) is 0.500. The van der Waals surface area contributed by atoms with Crippen LogP contribution in [0.1, 0.15) is 19.8 Å². The van der Waals surface area contributed by atoms with Gasteiger partial charge in [0.25, 0.3) is 0 Å². The minimum Gasteiger partial charge on any atom is -0.494 e. The molecule has 1 aliphatic heterocycles. The molecule has 1 heterocycles.